The maximum atomic E-state index is 12.0. The minimum Gasteiger partial charge on any atom is -0.380 e. The normalized spacial score (nSPS) is 14.9. The van der Waals surface area contributed by atoms with Crippen molar-refractivity contribution in [2.24, 2.45) is 5.73 Å². The SMILES string of the molecule is COC(CN)CC(=O)Nc1ccc(-c2cn3c(n2)CCCC3)cc1. The van der Waals surface area contributed by atoms with Gasteiger partial charge in [0.05, 0.1) is 18.2 Å². The number of nitrogens with one attached hydrogen (secondary N) is 1. The molecular formula is C18H24N4O2. The monoisotopic (exact) mass is 328 g/mol. The molecule has 128 valence electrons. The van der Waals surface area contributed by atoms with E-state index >= 15 is 0 Å². The lowest BCUT2D eigenvalue weighted by Gasteiger charge is -2.12. The third-order valence-corrected chi connectivity index (χ3v) is 4.38. The highest BCUT2D eigenvalue weighted by Crippen LogP contribution is 2.24. The van der Waals surface area contributed by atoms with Crippen LogP contribution in [0.25, 0.3) is 11.3 Å². The topological polar surface area (TPSA) is 82.2 Å². The number of hydrogen-bond acceptors (Lipinski definition) is 4. The molecule has 0 saturated heterocycles. The molecule has 1 aromatic heterocycles. The van der Waals surface area contributed by atoms with Crippen molar-refractivity contribution in [1.29, 1.82) is 0 Å². The Kier molecular flexibility index (Phi) is 5.27. The molecule has 1 aromatic carbocycles. The summed E-state index contributed by atoms with van der Waals surface area (Å²) in [5.74, 6) is 1.07. The molecule has 2 aromatic rings. The van der Waals surface area contributed by atoms with E-state index in [-0.39, 0.29) is 18.4 Å². The van der Waals surface area contributed by atoms with Crippen molar-refractivity contribution in [1.82, 2.24) is 9.55 Å². The third-order valence-electron chi connectivity index (χ3n) is 4.38. The fraction of sp³-hybridized carbons (Fsp3) is 0.444. The fourth-order valence-corrected chi connectivity index (χ4v) is 2.96. The fourth-order valence-electron chi connectivity index (χ4n) is 2.96. The molecule has 3 rings (SSSR count). The van der Waals surface area contributed by atoms with E-state index in [4.69, 9.17) is 15.5 Å². The number of rotatable bonds is 6. The second-order valence-electron chi connectivity index (χ2n) is 6.12. The first-order valence-corrected chi connectivity index (χ1v) is 8.39. The van der Waals surface area contributed by atoms with E-state index in [0.717, 1.165) is 29.9 Å². The van der Waals surface area contributed by atoms with Gasteiger partial charge in [-0.3, -0.25) is 4.79 Å². The van der Waals surface area contributed by atoms with Gasteiger partial charge in [-0.15, -0.1) is 0 Å². The van der Waals surface area contributed by atoms with Crippen molar-refractivity contribution in [3.8, 4) is 11.3 Å². The number of anilines is 1. The van der Waals surface area contributed by atoms with Crippen molar-refractivity contribution in [3.05, 3.63) is 36.3 Å². The van der Waals surface area contributed by atoms with Crippen LogP contribution >= 0.6 is 0 Å². The number of imidazole rings is 1. The summed E-state index contributed by atoms with van der Waals surface area (Å²) in [6, 6.07) is 7.77. The zero-order valence-electron chi connectivity index (χ0n) is 14.0. The first-order chi connectivity index (χ1) is 11.7. The Morgan fingerprint density at radius 2 is 2.17 bits per heavy atom. The van der Waals surface area contributed by atoms with E-state index in [1.165, 1.54) is 18.7 Å². The number of amides is 1. The van der Waals surface area contributed by atoms with E-state index in [1.807, 2.05) is 24.3 Å². The number of carbonyl (C=O) groups is 1. The van der Waals surface area contributed by atoms with Crippen LogP contribution in [0.1, 0.15) is 25.1 Å². The molecule has 0 fully saturated rings. The number of ether oxygens (including phenoxy) is 1. The third kappa shape index (κ3) is 3.83. The summed E-state index contributed by atoms with van der Waals surface area (Å²) in [6.45, 7) is 1.38. The second kappa shape index (κ2) is 7.59. The maximum Gasteiger partial charge on any atom is 0.227 e. The highest BCUT2D eigenvalue weighted by Gasteiger charge is 2.14. The van der Waals surface area contributed by atoms with Gasteiger partial charge in [-0.25, -0.2) is 4.98 Å². The highest BCUT2D eigenvalue weighted by molar-refractivity contribution is 5.91. The van der Waals surface area contributed by atoms with Crippen LogP contribution in [-0.2, 0) is 22.5 Å². The molecule has 0 radical (unpaired) electrons. The van der Waals surface area contributed by atoms with E-state index in [0.29, 0.717) is 6.54 Å². The average Bonchev–Trinajstić information content (AvgIpc) is 3.04. The molecule has 1 aliphatic heterocycles. The van der Waals surface area contributed by atoms with Crippen LogP contribution in [0.4, 0.5) is 5.69 Å². The lowest BCUT2D eigenvalue weighted by molar-refractivity contribution is -0.118. The van der Waals surface area contributed by atoms with E-state index in [1.54, 1.807) is 7.11 Å². The zero-order chi connectivity index (χ0) is 16.9. The van der Waals surface area contributed by atoms with Crippen molar-refractivity contribution < 1.29 is 9.53 Å². The van der Waals surface area contributed by atoms with Gasteiger partial charge in [0.2, 0.25) is 5.91 Å². The molecule has 0 bridgehead atoms. The van der Waals surface area contributed by atoms with Crippen LogP contribution in [0.15, 0.2) is 30.5 Å². The number of aromatic nitrogens is 2. The van der Waals surface area contributed by atoms with Crippen LogP contribution in [0.5, 0.6) is 0 Å². The number of fused-ring (bicyclic) bond motifs is 1. The minimum absolute atomic E-state index is 0.0995. The Hall–Kier alpha value is -2.18. The summed E-state index contributed by atoms with van der Waals surface area (Å²) in [6.07, 6.45) is 5.61. The Labute approximate surface area is 142 Å². The Morgan fingerprint density at radius 3 is 2.83 bits per heavy atom. The molecule has 6 heteroatoms. The van der Waals surface area contributed by atoms with Crippen LogP contribution in [0.2, 0.25) is 0 Å². The smallest absolute Gasteiger partial charge is 0.227 e. The molecule has 2 heterocycles. The molecule has 0 spiro atoms. The van der Waals surface area contributed by atoms with E-state index < -0.39 is 0 Å². The number of benzene rings is 1. The largest absolute Gasteiger partial charge is 0.380 e. The first-order valence-electron chi connectivity index (χ1n) is 8.39. The van der Waals surface area contributed by atoms with E-state index in [2.05, 4.69) is 16.1 Å². The van der Waals surface area contributed by atoms with Gasteiger partial charge in [0.15, 0.2) is 0 Å². The Morgan fingerprint density at radius 1 is 1.38 bits per heavy atom. The summed E-state index contributed by atoms with van der Waals surface area (Å²) in [5, 5.41) is 2.87. The van der Waals surface area contributed by atoms with Gasteiger partial charge in [-0.05, 0) is 25.0 Å². The lowest BCUT2D eigenvalue weighted by atomic mass is 10.1. The highest BCUT2D eigenvalue weighted by atomic mass is 16.5. The van der Waals surface area contributed by atoms with E-state index in [9.17, 15) is 4.79 Å². The molecule has 3 N–H and O–H groups in total. The molecule has 24 heavy (non-hydrogen) atoms. The first kappa shape index (κ1) is 16.7. The summed E-state index contributed by atoms with van der Waals surface area (Å²) in [7, 11) is 1.56. The summed E-state index contributed by atoms with van der Waals surface area (Å²) >= 11 is 0. The quantitative estimate of drug-likeness (QED) is 0.851. The van der Waals surface area contributed by atoms with Crippen molar-refractivity contribution in [2.75, 3.05) is 19.0 Å². The molecule has 1 unspecified atom stereocenters. The van der Waals surface area contributed by atoms with Crippen molar-refractivity contribution >= 4 is 11.6 Å². The molecule has 1 amide bonds. The summed E-state index contributed by atoms with van der Waals surface area (Å²) in [4.78, 5) is 16.7. The molecule has 6 nitrogen and oxygen atoms in total. The summed E-state index contributed by atoms with van der Waals surface area (Å²) < 4.78 is 7.37. The summed E-state index contributed by atoms with van der Waals surface area (Å²) in [5.41, 5.74) is 8.35. The number of nitrogens with zero attached hydrogens (tertiary/aromatic N) is 2. The van der Waals surface area contributed by atoms with Gasteiger partial charge in [0.1, 0.15) is 5.82 Å². The molecule has 1 aliphatic rings. The maximum absolute atomic E-state index is 12.0. The van der Waals surface area contributed by atoms with Gasteiger partial charge < -0.3 is 20.4 Å². The Balaban J connectivity index is 1.65. The van der Waals surface area contributed by atoms with Crippen LogP contribution < -0.4 is 11.1 Å². The number of methoxy groups -OCH3 is 1. The number of nitrogens with two attached hydrogens (primary N) is 1. The van der Waals surface area contributed by atoms with Gasteiger partial charge in [0, 0.05) is 44.1 Å². The molecule has 0 aliphatic carbocycles. The average molecular weight is 328 g/mol. The van der Waals surface area contributed by atoms with Gasteiger partial charge >= 0.3 is 0 Å². The van der Waals surface area contributed by atoms with Gasteiger partial charge in [-0.1, -0.05) is 12.1 Å². The number of carbonyl (C=O) groups excluding carboxylic acids is 1. The molecular weight excluding hydrogens is 304 g/mol. The molecule has 0 saturated carbocycles. The van der Waals surface area contributed by atoms with Crippen LogP contribution in [-0.4, -0.2) is 35.2 Å². The second-order valence-corrected chi connectivity index (χ2v) is 6.12. The van der Waals surface area contributed by atoms with Crippen LogP contribution in [0, 0.1) is 0 Å². The van der Waals surface area contributed by atoms with Gasteiger partial charge in [0.25, 0.3) is 0 Å². The molecule has 1 atom stereocenters. The number of hydrogen-bond donors (Lipinski definition) is 2. The predicted molar refractivity (Wildman–Crippen MR) is 93.7 cm³/mol. The van der Waals surface area contributed by atoms with Crippen molar-refractivity contribution in [2.45, 2.75) is 38.3 Å². The van der Waals surface area contributed by atoms with Crippen LogP contribution in [0.3, 0.4) is 0 Å². The zero-order valence-corrected chi connectivity index (χ0v) is 14.0. The van der Waals surface area contributed by atoms with Gasteiger partial charge in [-0.2, -0.15) is 0 Å². The Bertz CT molecular complexity index is 666. The standard InChI is InChI=1S/C18H24N4O2/c1-24-15(11-19)10-18(23)20-14-7-5-13(6-8-14)16-12-22-9-3-2-4-17(22)21-16/h5-8,12,15H,2-4,9-11,19H2,1H3,(H,20,23). The lowest BCUT2D eigenvalue weighted by Crippen LogP contribution is -2.28. The van der Waals surface area contributed by atoms with Crippen molar-refractivity contribution in [3.63, 3.8) is 0 Å². The predicted octanol–water partition coefficient (Wildman–Crippen LogP) is 2.19. The number of aryl methyl sites for hydroxylation is 2. The minimum atomic E-state index is -0.249.